The summed E-state index contributed by atoms with van der Waals surface area (Å²) in [4.78, 5) is 19.4. The first-order valence-corrected chi connectivity index (χ1v) is 8.84. The number of thiazole rings is 2. The quantitative estimate of drug-likeness (QED) is 0.602. The van der Waals surface area contributed by atoms with Gasteiger partial charge >= 0.3 is 0 Å². The van der Waals surface area contributed by atoms with Gasteiger partial charge in [0.2, 0.25) is 0 Å². The molecule has 0 spiro atoms. The molecule has 0 aliphatic rings. The molecule has 4 aromatic rings. The van der Waals surface area contributed by atoms with Gasteiger partial charge in [0, 0.05) is 6.08 Å². The van der Waals surface area contributed by atoms with Gasteiger partial charge in [0.15, 0.2) is 0 Å². The van der Waals surface area contributed by atoms with Crippen LogP contribution >= 0.6 is 22.7 Å². The zero-order valence-corrected chi connectivity index (χ0v) is 14.0. The fourth-order valence-electron chi connectivity index (χ4n) is 2.34. The van der Waals surface area contributed by atoms with Crippen LogP contribution in [0.15, 0.2) is 53.3 Å². The molecule has 6 heteroatoms. The van der Waals surface area contributed by atoms with Gasteiger partial charge in [-0.05, 0) is 35.9 Å². The van der Waals surface area contributed by atoms with E-state index in [2.05, 4.69) is 9.97 Å². The van der Waals surface area contributed by atoms with Crippen LogP contribution in [0.1, 0.15) is 10.6 Å². The Kier molecular flexibility index (Phi) is 3.84. The van der Waals surface area contributed by atoms with Gasteiger partial charge in [0.1, 0.15) is 10.8 Å². The molecular formula is C18H11FN2OS2. The fraction of sp³-hybridized carbons (Fsp3) is 0. The molecule has 1 N–H and O–H groups in total. The second-order valence-electron chi connectivity index (χ2n) is 5.15. The Morgan fingerprint density at radius 3 is 2.75 bits per heavy atom. The first-order valence-electron chi connectivity index (χ1n) is 7.21. The predicted octanol–water partition coefficient (Wildman–Crippen LogP) is 2.84. The minimum atomic E-state index is -0.321. The average Bonchev–Trinajstić information content (AvgIpc) is 3.10. The minimum absolute atomic E-state index is 0.184. The zero-order valence-electron chi connectivity index (χ0n) is 12.3. The van der Waals surface area contributed by atoms with Crippen molar-refractivity contribution in [1.82, 2.24) is 9.97 Å². The lowest BCUT2D eigenvalue weighted by Crippen LogP contribution is -2.19. The molecule has 0 aliphatic carbocycles. The molecule has 24 heavy (non-hydrogen) atoms. The summed E-state index contributed by atoms with van der Waals surface area (Å²) in [6, 6.07) is 14.1. The highest BCUT2D eigenvalue weighted by Gasteiger charge is 2.01. The second kappa shape index (κ2) is 6.14. The van der Waals surface area contributed by atoms with Crippen molar-refractivity contribution in [3.63, 3.8) is 0 Å². The van der Waals surface area contributed by atoms with Crippen molar-refractivity contribution in [2.24, 2.45) is 0 Å². The summed E-state index contributed by atoms with van der Waals surface area (Å²) in [6.45, 7) is 0. The molecule has 0 atom stereocenters. The standard InChI is InChI=1S/C18H11FN2OS2/c19-12-5-3-4-11(8-12)9-15-18(22)21-17(24-15)10-16-20-13-6-1-2-7-14(13)23-16/h1-10H,(H,21,22)/b15-9-,17-10+. The first kappa shape index (κ1) is 15.0. The lowest BCUT2D eigenvalue weighted by atomic mass is 10.2. The topological polar surface area (TPSA) is 45.8 Å². The van der Waals surface area contributed by atoms with Crippen molar-refractivity contribution in [3.8, 4) is 0 Å². The van der Waals surface area contributed by atoms with Crippen LogP contribution in [0.4, 0.5) is 4.39 Å². The highest BCUT2D eigenvalue weighted by atomic mass is 32.1. The van der Waals surface area contributed by atoms with E-state index in [0.717, 1.165) is 19.9 Å². The molecule has 2 aromatic heterocycles. The Morgan fingerprint density at radius 1 is 1.04 bits per heavy atom. The van der Waals surface area contributed by atoms with Crippen molar-refractivity contribution >= 4 is 45.0 Å². The zero-order chi connectivity index (χ0) is 16.5. The lowest BCUT2D eigenvalue weighted by Gasteiger charge is -1.90. The number of fused-ring (bicyclic) bond motifs is 1. The van der Waals surface area contributed by atoms with Crippen LogP contribution in [0.25, 0.3) is 22.4 Å². The second-order valence-corrected chi connectivity index (χ2v) is 7.29. The van der Waals surface area contributed by atoms with Crippen LogP contribution in [0, 0.1) is 5.82 Å². The van der Waals surface area contributed by atoms with E-state index >= 15 is 0 Å². The van der Waals surface area contributed by atoms with Gasteiger partial charge in [-0.3, -0.25) is 4.79 Å². The van der Waals surface area contributed by atoms with E-state index in [4.69, 9.17) is 0 Å². The van der Waals surface area contributed by atoms with Crippen molar-refractivity contribution < 1.29 is 4.39 Å². The maximum atomic E-state index is 13.2. The molecule has 2 aromatic carbocycles. The third-order valence-corrected chi connectivity index (χ3v) is 5.34. The number of hydrogen-bond acceptors (Lipinski definition) is 4. The summed E-state index contributed by atoms with van der Waals surface area (Å²) >= 11 is 2.90. The number of hydrogen-bond donors (Lipinski definition) is 1. The highest BCUT2D eigenvalue weighted by Crippen LogP contribution is 2.21. The Bertz CT molecular complexity index is 1170. The van der Waals surface area contributed by atoms with Gasteiger partial charge in [-0.25, -0.2) is 9.37 Å². The molecule has 0 unspecified atom stereocenters. The number of nitrogens with zero attached hydrogens (tertiary/aromatic N) is 1. The summed E-state index contributed by atoms with van der Waals surface area (Å²) in [7, 11) is 0. The smallest absolute Gasteiger partial charge is 0.266 e. The van der Waals surface area contributed by atoms with Gasteiger partial charge < -0.3 is 4.98 Å². The van der Waals surface area contributed by atoms with Crippen molar-refractivity contribution in [1.29, 1.82) is 0 Å². The third-order valence-electron chi connectivity index (χ3n) is 3.39. The fourth-order valence-corrected chi connectivity index (χ4v) is 4.21. The van der Waals surface area contributed by atoms with E-state index in [1.54, 1.807) is 29.5 Å². The van der Waals surface area contributed by atoms with Crippen LogP contribution in [-0.4, -0.2) is 9.97 Å². The number of aromatic nitrogens is 2. The van der Waals surface area contributed by atoms with E-state index in [1.807, 2.05) is 30.3 Å². The summed E-state index contributed by atoms with van der Waals surface area (Å²) < 4.78 is 15.6. The summed E-state index contributed by atoms with van der Waals surface area (Å²) in [5.74, 6) is -0.321. The van der Waals surface area contributed by atoms with E-state index in [0.29, 0.717) is 10.1 Å². The van der Waals surface area contributed by atoms with E-state index in [-0.39, 0.29) is 11.4 Å². The van der Waals surface area contributed by atoms with Crippen LogP contribution in [0.2, 0.25) is 0 Å². The SMILES string of the molecule is O=c1[nH]/c(=C\c2nc3ccccc3s2)s/c1=C\c1cccc(F)c1. The number of para-hydroxylation sites is 1. The maximum Gasteiger partial charge on any atom is 0.266 e. The molecule has 2 heterocycles. The molecule has 0 bridgehead atoms. The monoisotopic (exact) mass is 354 g/mol. The van der Waals surface area contributed by atoms with Crippen molar-refractivity contribution in [2.75, 3.05) is 0 Å². The van der Waals surface area contributed by atoms with Crippen LogP contribution in [0.3, 0.4) is 0 Å². The molecule has 0 aliphatic heterocycles. The molecular weight excluding hydrogens is 343 g/mol. The van der Waals surface area contributed by atoms with Crippen LogP contribution < -0.4 is 14.8 Å². The molecule has 0 amide bonds. The van der Waals surface area contributed by atoms with Gasteiger partial charge in [0.05, 0.1) is 19.4 Å². The number of H-pyrrole nitrogens is 1. The Labute approximate surface area is 144 Å². The van der Waals surface area contributed by atoms with Crippen molar-refractivity contribution in [2.45, 2.75) is 0 Å². The Balaban J connectivity index is 1.79. The molecule has 0 fully saturated rings. The number of halogens is 1. The molecule has 0 saturated heterocycles. The van der Waals surface area contributed by atoms with E-state index < -0.39 is 0 Å². The van der Waals surface area contributed by atoms with Crippen LogP contribution in [0.5, 0.6) is 0 Å². The molecule has 3 nitrogen and oxygen atoms in total. The normalized spacial score (nSPS) is 13.0. The van der Waals surface area contributed by atoms with Gasteiger partial charge in [-0.1, -0.05) is 24.3 Å². The minimum Gasteiger partial charge on any atom is -0.313 e. The largest absolute Gasteiger partial charge is 0.313 e. The summed E-state index contributed by atoms with van der Waals surface area (Å²) in [6.07, 6.45) is 3.54. The summed E-state index contributed by atoms with van der Waals surface area (Å²) in [5.41, 5.74) is 1.42. The first-order chi connectivity index (χ1) is 11.7. The lowest BCUT2D eigenvalue weighted by molar-refractivity contribution is 0.627. The van der Waals surface area contributed by atoms with Gasteiger partial charge in [-0.15, -0.1) is 22.7 Å². The van der Waals surface area contributed by atoms with Crippen molar-refractivity contribution in [3.05, 3.63) is 84.5 Å². The highest BCUT2D eigenvalue weighted by molar-refractivity contribution is 7.19. The van der Waals surface area contributed by atoms with E-state index in [9.17, 15) is 9.18 Å². The average molecular weight is 354 g/mol. The Hall–Kier alpha value is -2.57. The molecule has 0 radical (unpaired) electrons. The van der Waals surface area contributed by atoms with E-state index in [1.165, 1.54) is 23.5 Å². The number of aromatic amines is 1. The molecule has 118 valence electrons. The maximum absolute atomic E-state index is 13.2. The van der Waals surface area contributed by atoms with Gasteiger partial charge in [-0.2, -0.15) is 0 Å². The third kappa shape index (κ3) is 3.06. The number of rotatable bonds is 2. The summed E-state index contributed by atoms with van der Waals surface area (Å²) in [5, 5.41) is 0.839. The number of nitrogens with one attached hydrogen (secondary N) is 1. The molecule has 4 rings (SSSR count). The van der Waals surface area contributed by atoms with Crippen LogP contribution in [-0.2, 0) is 0 Å². The predicted molar refractivity (Wildman–Crippen MR) is 97.3 cm³/mol. The number of benzene rings is 2. The Morgan fingerprint density at radius 2 is 1.92 bits per heavy atom. The molecule has 0 saturated carbocycles. The van der Waals surface area contributed by atoms with Gasteiger partial charge in [0.25, 0.3) is 5.56 Å².